The van der Waals surface area contributed by atoms with Gasteiger partial charge in [-0.25, -0.2) is 8.78 Å². The average Bonchev–Trinajstić information content (AvgIpc) is 3.30. The number of methoxy groups -OCH3 is 2. The monoisotopic (exact) mass is 846 g/mol. The second-order valence-corrected chi connectivity index (χ2v) is 17.4. The first kappa shape index (κ1) is 43.6. The second kappa shape index (κ2) is 21.4. The molecule has 0 aromatic heterocycles. The summed E-state index contributed by atoms with van der Waals surface area (Å²) in [5.41, 5.74) is 5.73. The molecule has 0 aliphatic carbocycles. The van der Waals surface area contributed by atoms with Crippen LogP contribution in [-0.2, 0) is 31.2 Å². The lowest BCUT2D eigenvalue weighted by molar-refractivity contribution is -0.150. The predicted octanol–water partition coefficient (Wildman–Crippen LogP) is 13.2. The van der Waals surface area contributed by atoms with Crippen LogP contribution in [0.25, 0.3) is 0 Å². The SMILES string of the molecule is COC1(c2cccc(Sc3ccc(COc4ccc(F)cc4)cc3)c2)CCOCC1.COC1CC(c2cccc(Sc3ccc(C(C)c4ccc(F)cc4)cc3)c2)CCO1. The van der Waals surface area contributed by atoms with Crippen molar-refractivity contribution in [2.75, 3.05) is 34.0 Å². The molecule has 312 valence electrons. The molecule has 3 unspecified atom stereocenters. The third-order valence-electron chi connectivity index (χ3n) is 11.3. The van der Waals surface area contributed by atoms with E-state index in [9.17, 15) is 8.78 Å². The third-order valence-corrected chi connectivity index (χ3v) is 13.2. The fraction of sp³-hybridized carbons (Fsp3) is 0.294. The maximum Gasteiger partial charge on any atom is 0.157 e. The largest absolute Gasteiger partial charge is 0.489 e. The summed E-state index contributed by atoms with van der Waals surface area (Å²) >= 11 is 3.51. The molecule has 2 saturated heterocycles. The van der Waals surface area contributed by atoms with Gasteiger partial charge >= 0.3 is 0 Å². The molecule has 8 rings (SSSR count). The van der Waals surface area contributed by atoms with Crippen molar-refractivity contribution in [1.29, 1.82) is 0 Å². The van der Waals surface area contributed by atoms with Crippen LogP contribution < -0.4 is 4.74 Å². The van der Waals surface area contributed by atoms with Gasteiger partial charge in [0, 0.05) is 72.2 Å². The topological polar surface area (TPSA) is 46.2 Å². The Balaban J connectivity index is 0.000000181. The maximum absolute atomic E-state index is 13.2. The molecule has 0 amide bonds. The molecular formula is C51H52F2O5S2. The summed E-state index contributed by atoms with van der Waals surface area (Å²) in [4.78, 5) is 4.80. The molecule has 60 heavy (non-hydrogen) atoms. The zero-order valence-corrected chi connectivity index (χ0v) is 36.0. The number of rotatable bonds is 13. The highest BCUT2D eigenvalue weighted by Gasteiger charge is 2.34. The minimum atomic E-state index is -0.263. The van der Waals surface area contributed by atoms with Crippen LogP contribution in [0.1, 0.15) is 72.3 Å². The summed E-state index contributed by atoms with van der Waals surface area (Å²) in [5.74, 6) is 0.907. The van der Waals surface area contributed by atoms with Crippen molar-refractivity contribution >= 4 is 23.5 Å². The van der Waals surface area contributed by atoms with Crippen LogP contribution in [0.2, 0.25) is 0 Å². The summed E-state index contributed by atoms with van der Waals surface area (Å²) in [5, 5.41) is 0. The molecule has 9 heteroatoms. The van der Waals surface area contributed by atoms with Gasteiger partial charge in [-0.15, -0.1) is 0 Å². The van der Waals surface area contributed by atoms with Gasteiger partial charge in [-0.3, -0.25) is 0 Å². The number of benzene rings is 6. The number of hydrogen-bond acceptors (Lipinski definition) is 7. The molecule has 2 aliphatic rings. The van der Waals surface area contributed by atoms with Gasteiger partial charge in [0.05, 0.1) is 12.2 Å². The Morgan fingerprint density at radius 1 is 0.667 bits per heavy atom. The Kier molecular flexibility index (Phi) is 15.5. The van der Waals surface area contributed by atoms with Crippen LogP contribution in [0.15, 0.2) is 165 Å². The Hall–Kier alpha value is -4.48. The molecule has 2 heterocycles. The normalized spacial score (nSPS) is 17.9. The standard InChI is InChI=1S/C26H27FO2S.C25H25FO3S/c1-18(19-6-10-23(27)11-7-19)20-8-12-24(13-9-20)30-25-5-3-4-21(16-25)22-14-15-29-26(17-22)28-2;1-27-25(13-15-28-16-14-25)20-3-2-4-24(17-20)30-23-11-5-19(6-12-23)18-29-22-9-7-21(26)8-10-22/h3-13,16,18,22,26H,14-15,17H2,1-2H3;2-12,17H,13-16,18H2,1H3. The van der Waals surface area contributed by atoms with Gasteiger partial charge in [0.2, 0.25) is 0 Å². The van der Waals surface area contributed by atoms with E-state index in [1.807, 2.05) is 12.1 Å². The van der Waals surface area contributed by atoms with Gasteiger partial charge in [-0.05, 0) is 125 Å². The highest BCUT2D eigenvalue weighted by molar-refractivity contribution is 7.99. The molecule has 2 fully saturated rings. The highest BCUT2D eigenvalue weighted by atomic mass is 32.2. The second-order valence-electron chi connectivity index (χ2n) is 15.1. The maximum atomic E-state index is 13.2. The van der Waals surface area contributed by atoms with Crippen molar-refractivity contribution < 1.29 is 32.5 Å². The molecular weight excluding hydrogens is 795 g/mol. The summed E-state index contributed by atoms with van der Waals surface area (Å²) in [6.07, 6.45) is 3.58. The summed E-state index contributed by atoms with van der Waals surface area (Å²) < 4.78 is 54.3. The molecule has 5 nitrogen and oxygen atoms in total. The lowest BCUT2D eigenvalue weighted by atomic mass is 9.86. The molecule has 2 aliphatic heterocycles. The van der Waals surface area contributed by atoms with Gasteiger partial charge < -0.3 is 23.7 Å². The van der Waals surface area contributed by atoms with E-state index in [2.05, 4.69) is 104 Å². The molecule has 0 saturated carbocycles. The lowest BCUT2D eigenvalue weighted by Gasteiger charge is -2.36. The first-order chi connectivity index (χ1) is 29.3. The zero-order chi connectivity index (χ0) is 41.7. The first-order valence-corrected chi connectivity index (χ1v) is 22.1. The van der Waals surface area contributed by atoms with Crippen molar-refractivity contribution in [1.82, 2.24) is 0 Å². The van der Waals surface area contributed by atoms with Crippen molar-refractivity contribution in [3.63, 3.8) is 0 Å². The molecule has 6 aromatic rings. The summed E-state index contributed by atoms with van der Waals surface area (Å²) in [6, 6.07) is 47.2. The Morgan fingerprint density at radius 3 is 1.88 bits per heavy atom. The smallest absolute Gasteiger partial charge is 0.157 e. The minimum Gasteiger partial charge on any atom is -0.489 e. The Bertz CT molecular complexity index is 2230. The van der Waals surface area contributed by atoms with Gasteiger partial charge in [0.15, 0.2) is 6.29 Å². The van der Waals surface area contributed by atoms with Crippen LogP contribution in [0.4, 0.5) is 8.78 Å². The summed E-state index contributed by atoms with van der Waals surface area (Å²) in [7, 11) is 3.50. The van der Waals surface area contributed by atoms with E-state index in [1.54, 1.807) is 49.9 Å². The molecule has 0 N–H and O–H groups in total. The first-order valence-electron chi connectivity index (χ1n) is 20.5. The molecule has 6 aromatic carbocycles. The van der Waals surface area contributed by atoms with Crippen LogP contribution in [0, 0.1) is 11.6 Å². The molecule has 0 spiro atoms. The van der Waals surface area contributed by atoms with Gasteiger partial charge in [-0.2, -0.15) is 0 Å². The average molecular weight is 847 g/mol. The van der Waals surface area contributed by atoms with Crippen LogP contribution in [-0.4, -0.2) is 40.3 Å². The molecule has 0 bridgehead atoms. The van der Waals surface area contributed by atoms with Crippen molar-refractivity contribution in [3.8, 4) is 5.75 Å². The van der Waals surface area contributed by atoms with Gasteiger partial charge in [-0.1, -0.05) is 91.1 Å². The van der Waals surface area contributed by atoms with Gasteiger partial charge in [0.25, 0.3) is 0 Å². The van der Waals surface area contributed by atoms with Crippen LogP contribution >= 0.6 is 23.5 Å². The lowest BCUT2D eigenvalue weighted by Crippen LogP contribution is -2.35. The van der Waals surface area contributed by atoms with Crippen molar-refractivity contribution in [2.24, 2.45) is 0 Å². The third kappa shape index (κ3) is 11.9. The number of hydrogen-bond donors (Lipinski definition) is 0. The fourth-order valence-electron chi connectivity index (χ4n) is 7.61. The minimum absolute atomic E-state index is 0.101. The van der Waals surface area contributed by atoms with E-state index >= 15 is 0 Å². The van der Waals surface area contributed by atoms with Crippen molar-refractivity contribution in [2.45, 2.75) is 82.5 Å². The molecule has 0 radical (unpaired) electrons. The Labute approximate surface area is 361 Å². The number of halogens is 2. The fourth-order valence-corrected chi connectivity index (χ4v) is 9.37. The predicted molar refractivity (Wildman–Crippen MR) is 236 cm³/mol. The van der Waals surface area contributed by atoms with E-state index in [1.165, 1.54) is 55.6 Å². The van der Waals surface area contributed by atoms with E-state index in [0.717, 1.165) is 61.5 Å². The van der Waals surface area contributed by atoms with Crippen molar-refractivity contribution in [3.05, 3.63) is 185 Å². The highest BCUT2D eigenvalue weighted by Crippen LogP contribution is 2.39. The van der Waals surface area contributed by atoms with E-state index < -0.39 is 0 Å². The zero-order valence-electron chi connectivity index (χ0n) is 34.4. The van der Waals surface area contributed by atoms with Crippen LogP contribution in [0.3, 0.4) is 0 Å². The summed E-state index contributed by atoms with van der Waals surface area (Å²) in [6.45, 7) is 4.80. The van der Waals surface area contributed by atoms with Crippen LogP contribution in [0.5, 0.6) is 5.75 Å². The van der Waals surface area contributed by atoms with E-state index in [0.29, 0.717) is 18.3 Å². The Morgan fingerprint density at radius 2 is 1.25 bits per heavy atom. The quantitative estimate of drug-likeness (QED) is 0.115. The number of ether oxygens (including phenoxy) is 5. The van der Waals surface area contributed by atoms with E-state index in [4.69, 9.17) is 23.7 Å². The van der Waals surface area contributed by atoms with E-state index in [-0.39, 0.29) is 29.4 Å². The van der Waals surface area contributed by atoms with Gasteiger partial charge in [0.1, 0.15) is 24.0 Å². The molecule has 3 atom stereocenters.